The number of para-hydroxylation sites is 1. The van der Waals surface area contributed by atoms with Crippen molar-refractivity contribution in [3.63, 3.8) is 0 Å². The van der Waals surface area contributed by atoms with Crippen LogP contribution in [0, 0.1) is 0 Å². The molecule has 5 heteroatoms. The van der Waals surface area contributed by atoms with Gasteiger partial charge in [0.05, 0.1) is 13.7 Å². The van der Waals surface area contributed by atoms with E-state index in [1.54, 1.807) is 7.11 Å². The Labute approximate surface area is 161 Å². The van der Waals surface area contributed by atoms with Gasteiger partial charge in [0.2, 0.25) is 0 Å². The van der Waals surface area contributed by atoms with Crippen LogP contribution in [0.5, 0.6) is 5.75 Å². The molecule has 0 spiro atoms. The van der Waals surface area contributed by atoms with E-state index < -0.39 is 5.60 Å². The molecule has 2 aromatic rings. The van der Waals surface area contributed by atoms with Gasteiger partial charge >= 0.3 is 0 Å². The van der Waals surface area contributed by atoms with E-state index in [1.807, 2.05) is 50.4 Å². The highest BCUT2D eigenvalue weighted by molar-refractivity contribution is 5.79. The zero-order valence-electron chi connectivity index (χ0n) is 16.4. The first-order valence-electron chi connectivity index (χ1n) is 9.49. The third kappa shape index (κ3) is 4.25. The van der Waals surface area contributed by atoms with Crippen LogP contribution in [0.2, 0.25) is 0 Å². The average Bonchev–Trinajstić information content (AvgIpc) is 3.03. The Morgan fingerprint density at radius 2 is 1.96 bits per heavy atom. The number of nitrogens with zero attached hydrogens (tertiary/aromatic N) is 2. The van der Waals surface area contributed by atoms with E-state index in [4.69, 9.17) is 9.73 Å². The molecule has 0 bridgehead atoms. The molecule has 0 fully saturated rings. The highest BCUT2D eigenvalue weighted by Crippen LogP contribution is 2.36. The minimum absolute atomic E-state index is 0.350. The van der Waals surface area contributed by atoms with Crippen molar-refractivity contribution in [3.8, 4) is 5.75 Å². The molecule has 3 rings (SSSR count). The first kappa shape index (κ1) is 19.2. The zero-order chi connectivity index (χ0) is 19.3. The molecule has 2 aromatic carbocycles. The number of guanidine groups is 1. The number of aliphatic hydroxyl groups is 1. The number of nitrogens with one attached hydrogen (secondary N) is 1. The monoisotopic (exact) mass is 367 g/mol. The number of aryl methyl sites for hydroxylation is 1. The van der Waals surface area contributed by atoms with Crippen molar-refractivity contribution < 1.29 is 9.84 Å². The summed E-state index contributed by atoms with van der Waals surface area (Å²) in [6.45, 7) is 3.84. The van der Waals surface area contributed by atoms with E-state index in [1.165, 1.54) is 5.56 Å². The summed E-state index contributed by atoms with van der Waals surface area (Å²) < 4.78 is 5.46. The number of benzene rings is 2. The van der Waals surface area contributed by atoms with Crippen LogP contribution in [0.15, 0.2) is 53.5 Å². The van der Waals surface area contributed by atoms with Crippen LogP contribution in [-0.2, 0) is 18.6 Å². The van der Waals surface area contributed by atoms with Gasteiger partial charge in [-0.25, -0.2) is 4.99 Å². The average molecular weight is 367 g/mol. The van der Waals surface area contributed by atoms with Gasteiger partial charge in [-0.1, -0.05) is 42.5 Å². The molecule has 0 aliphatic heterocycles. The molecule has 0 saturated carbocycles. The van der Waals surface area contributed by atoms with Crippen LogP contribution >= 0.6 is 0 Å². The minimum atomic E-state index is -0.886. The quantitative estimate of drug-likeness (QED) is 0.609. The van der Waals surface area contributed by atoms with E-state index in [-0.39, 0.29) is 0 Å². The minimum Gasteiger partial charge on any atom is -0.496 e. The molecule has 0 amide bonds. The summed E-state index contributed by atoms with van der Waals surface area (Å²) in [5, 5.41) is 14.5. The second-order valence-corrected chi connectivity index (χ2v) is 7.03. The summed E-state index contributed by atoms with van der Waals surface area (Å²) >= 11 is 0. The van der Waals surface area contributed by atoms with E-state index >= 15 is 0 Å². The molecule has 0 radical (unpaired) electrons. The van der Waals surface area contributed by atoms with Gasteiger partial charge in [0.25, 0.3) is 0 Å². The third-order valence-corrected chi connectivity index (χ3v) is 5.11. The molecule has 0 heterocycles. The first-order chi connectivity index (χ1) is 13.1. The van der Waals surface area contributed by atoms with Gasteiger partial charge in [-0.05, 0) is 37.0 Å². The number of hydrogen-bond donors (Lipinski definition) is 2. The number of fused-ring (bicyclic) bond motifs is 1. The standard InChI is InChI=1S/C22H29N3O2/c1-4-23-21(25(2)15-18-10-6-8-12-20(18)27-3)24-16-22(26)14-13-17-9-5-7-11-19(17)22/h5-12,26H,4,13-16H2,1-3H3,(H,23,24). The lowest BCUT2D eigenvalue weighted by atomic mass is 9.96. The molecule has 0 aromatic heterocycles. The second-order valence-electron chi connectivity index (χ2n) is 7.03. The Balaban J connectivity index is 1.77. The van der Waals surface area contributed by atoms with Crippen LogP contribution in [0.3, 0.4) is 0 Å². The Morgan fingerprint density at radius 1 is 1.22 bits per heavy atom. The lowest BCUT2D eigenvalue weighted by molar-refractivity contribution is 0.0483. The van der Waals surface area contributed by atoms with Crippen molar-refractivity contribution in [2.45, 2.75) is 31.9 Å². The Kier molecular flexibility index (Phi) is 6.01. The number of methoxy groups -OCH3 is 1. The number of ether oxygens (including phenoxy) is 1. The summed E-state index contributed by atoms with van der Waals surface area (Å²) in [5.74, 6) is 1.64. The fourth-order valence-electron chi connectivity index (χ4n) is 3.67. The molecule has 1 atom stereocenters. The van der Waals surface area contributed by atoms with Crippen molar-refractivity contribution in [2.24, 2.45) is 4.99 Å². The van der Waals surface area contributed by atoms with Gasteiger partial charge < -0.3 is 20.1 Å². The number of aliphatic imine (C=N–C) groups is 1. The van der Waals surface area contributed by atoms with Gasteiger partial charge in [0.1, 0.15) is 11.4 Å². The maximum absolute atomic E-state index is 11.1. The van der Waals surface area contributed by atoms with Crippen LogP contribution < -0.4 is 10.1 Å². The highest BCUT2D eigenvalue weighted by Gasteiger charge is 2.36. The van der Waals surface area contributed by atoms with Crippen molar-refractivity contribution in [2.75, 3.05) is 27.2 Å². The normalized spacial score (nSPS) is 18.9. The molecular weight excluding hydrogens is 338 g/mol. The van der Waals surface area contributed by atoms with Gasteiger partial charge in [-0.15, -0.1) is 0 Å². The highest BCUT2D eigenvalue weighted by atomic mass is 16.5. The van der Waals surface area contributed by atoms with E-state index in [2.05, 4.69) is 22.3 Å². The first-order valence-corrected chi connectivity index (χ1v) is 9.49. The fourth-order valence-corrected chi connectivity index (χ4v) is 3.67. The van der Waals surface area contributed by atoms with Gasteiger partial charge in [-0.2, -0.15) is 0 Å². The maximum atomic E-state index is 11.1. The SMILES string of the molecule is CCNC(=NCC1(O)CCc2ccccc21)N(C)Cc1ccccc1OC. The van der Waals surface area contributed by atoms with Crippen molar-refractivity contribution in [3.05, 3.63) is 65.2 Å². The lowest BCUT2D eigenvalue weighted by Crippen LogP contribution is -2.40. The van der Waals surface area contributed by atoms with Crippen molar-refractivity contribution in [1.29, 1.82) is 0 Å². The van der Waals surface area contributed by atoms with E-state index in [9.17, 15) is 5.11 Å². The number of rotatable bonds is 6. The molecule has 1 unspecified atom stereocenters. The summed E-state index contributed by atoms with van der Waals surface area (Å²) in [7, 11) is 3.69. The van der Waals surface area contributed by atoms with E-state index in [0.29, 0.717) is 19.5 Å². The predicted octanol–water partition coefficient (Wildman–Crippen LogP) is 2.93. The topological polar surface area (TPSA) is 57.1 Å². The lowest BCUT2D eigenvalue weighted by Gasteiger charge is -2.26. The van der Waals surface area contributed by atoms with Crippen LogP contribution in [0.1, 0.15) is 30.0 Å². The van der Waals surface area contributed by atoms with E-state index in [0.717, 1.165) is 35.8 Å². The van der Waals surface area contributed by atoms with Crippen molar-refractivity contribution >= 4 is 5.96 Å². The molecule has 1 aliphatic rings. The third-order valence-electron chi connectivity index (χ3n) is 5.11. The molecule has 2 N–H and O–H groups in total. The molecule has 5 nitrogen and oxygen atoms in total. The summed E-state index contributed by atoms with van der Waals surface area (Å²) in [6.07, 6.45) is 1.61. The maximum Gasteiger partial charge on any atom is 0.194 e. The summed E-state index contributed by atoms with van der Waals surface area (Å²) in [5.41, 5.74) is 2.44. The molecular formula is C22H29N3O2. The van der Waals surface area contributed by atoms with Gasteiger partial charge in [0.15, 0.2) is 5.96 Å². The fraction of sp³-hybridized carbons (Fsp3) is 0.409. The zero-order valence-corrected chi connectivity index (χ0v) is 16.4. The summed E-state index contributed by atoms with van der Waals surface area (Å²) in [4.78, 5) is 6.82. The smallest absolute Gasteiger partial charge is 0.194 e. The summed E-state index contributed by atoms with van der Waals surface area (Å²) in [6, 6.07) is 16.1. The van der Waals surface area contributed by atoms with Gasteiger partial charge in [-0.3, -0.25) is 0 Å². The predicted molar refractivity (Wildman–Crippen MR) is 109 cm³/mol. The molecule has 144 valence electrons. The molecule has 1 aliphatic carbocycles. The Bertz CT molecular complexity index is 806. The van der Waals surface area contributed by atoms with Gasteiger partial charge in [0, 0.05) is 25.7 Å². The van der Waals surface area contributed by atoms with Crippen LogP contribution in [0.4, 0.5) is 0 Å². The number of hydrogen-bond acceptors (Lipinski definition) is 3. The van der Waals surface area contributed by atoms with Crippen LogP contribution in [0.25, 0.3) is 0 Å². The van der Waals surface area contributed by atoms with Crippen molar-refractivity contribution in [1.82, 2.24) is 10.2 Å². The second kappa shape index (κ2) is 8.44. The Hall–Kier alpha value is -2.53. The largest absolute Gasteiger partial charge is 0.496 e. The molecule has 0 saturated heterocycles. The Morgan fingerprint density at radius 3 is 2.74 bits per heavy atom. The molecule has 27 heavy (non-hydrogen) atoms. The van der Waals surface area contributed by atoms with Crippen LogP contribution in [-0.4, -0.2) is 43.2 Å².